The fourth-order valence-corrected chi connectivity index (χ4v) is 1.74. The fourth-order valence-electron chi connectivity index (χ4n) is 1.74. The Balaban J connectivity index is 0.00000242. The van der Waals surface area contributed by atoms with E-state index < -0.39 is 11.2 Å². The summed E-state index contributed by atoms with van der Waals surface area (Å²) < 4.78 is 10.4. The number of carbonyl (C=O) groups excluding carboxylic acids is 1. The SMILES string of the molecule is CC(C)(CN)NC(=O)COc1ccc2ccc(=O)oc2c1.Cl. The van der Waals surface area contributed by atoms with E-state index in [0.29, 0.717) is 17.9 Å². The van der Waals surface area contributed by atoms with Crippen molar-refractivity contribution in [2.75, 3.05) is 13.2 Å². The zero-order chi connectivity index (χ0) is 15.5. The van der Waals surface area contributed by atoms with Gasteiger partial charge in [-0.15, -0.1) is 12.4 Å². The van der Waals surface area contributed by atoms with Crippen molar-refractivity contribution in [3.63, 3.8) is 0 Å². The highest BCUT2D eigenvalue weighted by Gasteiger charge is 2.18. The summed E-state index contributed by atoms with van der Waals surface area (Å²) in [6.07, 6.45) is 0. The van der Waals surface area contributed by atoms with Crippen molar-refractivity contribution in [3.05, 3.63) is 40.8 Å². The average Bonchev–Trinajstić information content (AvgIpc) is 2.44. The molecule has 1 amide bonds. The monoisotopic (exact) mass is 326 g/mol. The lowest BCUT2D eigenvalue weighted by atomic mass is 10.1. The summed E-state index contributed by atoms with van der Waals surface area (Å²) in [4.78, 5) is 22.9. The van der Waals surface area contributed by atoms with E-state index >= 15 is 0 Å². The van der Waals surface area contributed by atoms with Crippen LogP contribution in [0.4, 0.5) is 0 Å². The molecule has 0 saturated carbocycles. The quantitative estimate of drug-likeness (QED) is 0.811. The van der Waals surface area contributed by atoms with Crippen LogP contribution < -0.4 is 21.4 Å². The highest BCUT2D eigenvalue weighted by atomic mass is 35.5. The molecule has 0 aliphatic carbocycles. The highest BCUT2D eigenvalue weighted by molar-refractivity contribution is 5.85. The molecular formula is C15H19ClN2O4. The molecule has 2 rings (SSSR count). The van der Waals surface area contributed by atoms with Gasteiger partial charge in [-0.2, -0.15) is 0 Å². The van der Waals surface area contributed by atoms with Crippen molar-refractivity contribution in [2.45, 2.75) is 19.4 Å². The summed E-state index contributed by atoms with van der Waals surface area (Å²) in [6, 6.07) is 8.07. The lowest BCUT2D eigenvalue weighted by Crippen LogP contribution is -2.50. The molecule has 0 aliphatic rings. The number of rotatable bonds is 5. The first-order valence-electron chi connectivity index (χ1n) is 6.57. The third-order valence-electron chi connectivity index (χ3n) is 2.95. The van der Waals surface area contributed by atoms with Crippen LogP contribution in [0.2, 0.25) is 0 Å². The normalized spacial score (nSPS) is 10.9. The molecule has 0 radical (unpaired) electrons. The molecular weight excluding hydrogens is 308 g/mol. The Labute approximate surface area is 134 Å². The molecule has 0 unspecified atom stereocenters. The van der Waals surface area contributed by atoms with Crippen LogP contribution in [0.1, 0.15) is 13.8 Å². The van der Waals surface area contributed by atoms with Gasteiger partial charge in [-0.1, -0.05) is 0 Å². The smallest absolute Gasteiger partial charge is 0.336 e. The minimum Gasteiger partial charge on any atom is -0.484 e. The van der Waals surface area contributed by atoms with Gasteiger partial charge in [0, 0.05) is 29.6 Å². The second kappa shape index (κ2) is 7.29. The molecule has 7 heteroatoms. The molecule has 0 fully saturated rings. The van der Waals surface area contributed by atoms with Gasteiger partial charge >= 0.3 is 5.63 Å². The van der Waals surface area contributed by atoms with Crippen LogP contribution in [0.15, 0.2) is 39.5 Å². The number of nitrogens with one attached hydrogen (secondary N) is 1. The standard InChI is InChI=1S/C15H18N2O4.ClH/c1-15(2,9-16)17-13(18)8-20-11-5-3-10-4-6-14(19)21-12(10)7-11;/h3-7H,8-9,16H2,1-2H3,(H,17,18);1H. The van der Waals surface area contributed by atoms with Crippen LogP contribution in [0, 0.1) is 0 Å². The summed E-state index contributed by atoms with van der Waals surface area (Å²) in [5.74, 6) is 0.192. The van der Waals surface area contributed by atoms with E-state index in [9.17, 15) is 9.59 Å². The molecule has 1 heterocycles. The predicted molar refractivity (Wildman–Crippen MR) is 86.5 cm³/mol. The van der Waals surface area contributed by atoms with Gasteiger partial charge in [-0.25, -0.2) is 4.79 Å². The van der Waals surface area contributed by atoms with Gasteiger partial charge < -0.3 is 20.2 Å². The molecule has 2 aromatic rings. The van der Waals surface area contributed by atoms with E-state index in [1.54, 1.807) is 24.3 Å². The van der Waals surface area contributed by atoms with Crippen LogP contribution in [-0.2, 0) is 4.79 Å². The maximum Gasteiger partial charge on any atom is 0.336 e. The number of amides is 1. The van der Waals surface area contributed by atoms with Gasteiger partial charge in [0.25, 0.3) is 5.91 Å². The van der Waals surface area contributed by atoms with Gasteiger partial charge in [0.05, 0.1) is 0 Å². The Kier molecular flexibility index (Phi) is 5.96. The second-order valence-electron chi connectivity index (χ2n) is 5.38. The molecule has 22 heavy (non-hydrogen) atoms. The highest BCUT2D eigenvalue weighted by Crippen LogP contribution is 2.19. The van der Waals surface area contributed by atoms with Crippen LogP contribution in [-0.4, -0.2) is 24.6 Å². The van der Waals surface area contributed by atoms with Crippen LogP contribution >= 0.6 is 12.4 Å². The number of carbonyl (C=O) groups is 1. The summed E-state index contributed by atoms with van der Waals surface area (Å²) in [7, 11) is 0. The molecule has 0 aliphatic heterocycles. The van der Waals surface area contributed by atoms with E-state index in [0.717, 1.165) is 5.39 Å². The summed E-state index contributed by atoms with van der Waals surface area (Å²) in [5, 5.41) is 3.55. The summed E-state index contributed by atoms with van der Waals surface area (Å²) in [5.41, 5.74) is 5.06. The van der Waals surface area contributed by atoms with Crippen LogP contribution in [0.25, 0.3) is 11.0 Å². The molecule has 120 valence electrons. The Morgan fingerprint density at radius 3 is 2.68 bits per heavy atom. The largest absolute Gasteiger partial charge is 0.484 e. The molecule has 0 bridgehead atoms. The number of nitrogens with two attached hydrogens (primary N) is 1. The molecule has 1 aromatic carbocycles. The maximum atomic E-state index is 11.7. The third-order valence-corrected chi connectivity index (χ3v) is 2.95. The van der Waals surface area contributed by atoms with Gasteiger partial charge in [-0.05, 0) is 32.0 Å². The molecule has 0 spiro atoms. The van der Waals surface area contributed by atoms with E-state index in [1.807, 2.05) is 13.8 Å². The molecule has 0 atom stereocenters. The van der Waals surface area contributed by atoms with Crippen molar-refractivity contribution in [1.82, 2.24) is 5.32 Å². The zero-order valence-corrected chi connectivity index (χ0v) is 13.2. The van der Waals surface area contributed by atoms with Crippen LogP contribution in [0.3, 0.4) is 0 Å². The first kappa shape index (κ1) is 18.0. The third kappa shape index (κ3) is 4.75. The van der Waals surface area contributed by atoms with Gasteiger partial charge in [0.15, 0.2) is 6.61 Å². The van der Waals surface area contributed by atoms with Crippen molar-refractivity contribution in [2.24, 2.45) is 5.73 Å². The lowest BCUT2D eigenvalue weighted by molar-refractivity contribution is -0.124. The van der Waals surface area contributed by atoms with Crippen molar-refractivity contribution in [1.29, 1.82) is 0 Å². The summed E-state index contributed by atoms with van der Waals surface area (Å²) in [6.45, 7) is 3.86. The number of halogens is 1. The number of hydrogen-bond acceptors (Lipinski definition) is 5. The molecule has 1 aromatic heterocycles. The Morgan fingerprint density at radius 2 is 2.00 bits per heavy atom. The number of fused-ring (bicyclic) bond motifs is 1. The average molecular weight is 327 g/mol. The number of ether oxygens (including phenoxy) is 1. The van der Waals surface area contributed by atoms with E-state index in [2.05, 4.69) is 5.32 Å². The number of benzene rings is 1. The lowest BCUT2D eigenvalue weighted by Gasteiger charge is -2.24. The van der Waals surface area contributed by atoms with Gasteiger partial charge in [0.1, 0.15) is 11.3 Å². The van der Waals surface area contributed by atoms with Crippen molar-refractivity contribution >= 4 is 29.3 Å². The molecule has 3 N–H and O–H groups in total. The van der Waals surface area contributed by atoms with E-state index in [-0.39, 0.29) is 24.9 Å². The predicted octanol–water partition coefficient (Wildman–Crippen LogP) is 1.45. The maximum absolute atomic E-state index is 11.7. The zero-order valence-electron chi connectivity index (χ0n) is 12.4. The van der Waals surface area contributed by atoms with Crippen LogP contribution in [0.5, 0.6) is 5.75 Å². The Morgan fingerprint density at radius 1 is 1.32 bits per heavy atom. The number of hydrogen-bond donors (Lipinski definition) is 2. The minimum absolute atomic E-state index is 0. The molecule has 6 nitrogen and oxygen atoms in total. The summed E-state index contributed by atoms with van der Waals surface area (Å²) >= 11 is 0. The Hall–Kier alpha value is -2.05. The topological polar surface area (TPSA) is 94.6 Å². The first-order chi connectivity index (χ1) is 9.89. The molecule has 0 saturated heterocycles. The van der Waals surface area contributed by atoms with Gasteiger partial charge in [-0.3, -0.25) is 4.79 Å². The van der Waals surface area contributed by atoms with Gasteiger partial charge in [0.2, 0.25) is 0 Å². The van der Waals surface area contributed by atoms with E-state index in [4.69, 9.17) is 14.9 Å². The first-order valence-corrected chi connectivity index (χ1v) is 6.57. The van der Waals surface area contributed by atoms with Crippen molar-refractivity contribution < 1.29 is 13.9 Å². The van der Waals surface area contributed by atoms with Crippen molar-refractivity contribution in [3.8, 4) is 5.75 Å². The van der Waals surface area contributed by atoms with E-state index in [1.165, 1.54) is 6.07 Å². The fraction of sp³-hybridized carbons (Fsp3) is 0.333. The second-order valence-corrected chi connectivity index (χ2v) is 5.38. The Bertz CT molecular complexity index is 712. The minimum atomic E-state index is -0.476.